The van der Waals surface area contributed by atoms with Gasteiger partial charge in [0.15, 0.2) is 0 Å². The van der Waals surface area contributed by atoms with E-state index < -0.39 is 0 Å². The van der Waals surface area contributed by atoms with Gasteiger partial charge in [-0.25, -0.2) is 0 Å². The molecule has 0 radical (unpaired) electrons. The van der Waals surface area contributed by atoms with Crippen molar-refractivity contribution in [2.24, 2.45) is 0 Å². The highest BCUT2D eigenvalue weighted by Crippen LogP contribution is 2.34. The average molecular weight is 229 g/mol. The molecule has 1 heteroatoms. The molecule has 0 fully saturated rings. The Kier molecular flexibility index (Phi) is 4.38. The standard InChI is InChI=1S/C16H23N/c1-3-7-15(17-2)12-14-10-6-9-13-8-4-5-11-16(13)14/h3-5,8,11,14-15,17H,1,6-7,9-10,12H2,2H3. The molecule has 0 heterocycles. The Labute approximate surface area is 105 Å². The van der Waals surface area contributed by atoms with Crippen molar-refractivity contribution in [3.05, 3.63) is 48.0 Å². The fourth-order valence-electron chi connectivity index (χ4n) is 2.98. The Hall–Kier alpha value is -1.08. The number of hydrogen-bond acceptors (Lipinski definition) is 1. The predicted molar refractivity (Wildman–Crippen MR) is 74.4 cm³/mol. The number of benzene rings is 1. The molecule has 0 amide bonds. The summed E-state index contributed by atoms with van der Waals surface area (Å²) in [6.45, 7) is 3.85. The van der Waals surface area contributed by atoms with E-state index in [0.717, 1.165) is 12.3 Å². The van der Waals surface area contributed by atoms with Crippen LogP contribution in [0.5, 0.6) is 0 Å². The molecule has 0 aromatic heterocycles. The summed E-state index contributed by atoms with van der Waals surface area (Å²) in [4.78, 5) is 0. The molecule has 1 N–H and O–H groups in total. The highest BCUT2D eigenvalue weighted by molar-refractivity contribution is 5.32. The van der Waals surface area contributed by atoms with Crippen molar-refractivity contribution in [1.82, 2.24) is 5.32 Å². The lowest BCUT2D eigenvalue weighted by atomic mass is 9.79. The van der Waals surface area contributed by atoms with Crippen LogP contribution in [0.15, 0.2) is 36.9 Å². The molecule has 92 valence electrons. The van der Waals surface area contributed by atoms with Gasteiger partial charge in [0.1, 0.15) is 0 Å². The van der Waals surface area contributed by atoms with Crippen LogP contribution in [0.2, 0.25) is 0 Å². The van der Waals surface area contributed by atoms with Crippen molar-refractivity contribution in [2.45, 2.75) is 44.1 Å². The Morgan fingerprint density at radius 1 is 1.47 bits per heavy atom. The lowest BCUT2D eigenvalue weighted by Crippen LogP contribution is -2.27. The van der Waals surface area contributed by atoms with Crippen LogP contribution in [0.3, 0.4) is 0 Å². The molecule has 1 aliphatic rings. The van der Waals surface area contributed by atoms with Gasteiger partial charge in [-0.2, -0.15) is 0 Å². The number of hydrogen-bond donors (Lipinski definition) is 1. The first kappa shape index (κ1) is 12.4. The zero-order chi connectivity index (χ0) is 12.1. The molecule has 0 saturated carbocycles. The van der Waals surface area contributed by atoms with E-state index in [4.69, 9.17) is 0 Å². The molecule has 1 aromatic carbocycles. The van der Waals surface area contributed by atoms with Crippen molar-refractivity contribution in [2.75, 3.05) is 7.05 Å². The van der Waals surface area contributed by atoms with E-state index in [-0.39, 0.29) is 0 Å². The van der Waals surface area contributed by atoms with Gasteiger partial charge in [0.2, 0.25) is 0 Å². The van der Waals surface area contributed by atoms with Gasteiger partial charge in [-0.05, 0) is 56.2 Å². The number of rotatable bonds is 5. The summed E-state index contributed by atoms with van der Waals surface area (Å²) >= 11 is 0. The van der Waals surface area contributed by atoms with E-state index in [9.17, 15) is 0 Å². The second-order valence-electron chi connectivity index (χ2n) is 5.03. The van der Waals surface area contributed by atoms with E-state index in [0.29, 0.717) is 6.04 Å². The van der Waals surface area contributed by atoms with E-state index >= 15 is 0 Å². The molecule has 2 unspecified atom stereocenters. The molecule has 2 atom stereocenters. The first-order valence-electron chi connectivity index (χ1n) is 6.71. The summed E-state index contributed by atoms with van der Waals surface area (Å²) in [6.07, 6.45) is 8.27. The molecule has 0 spiro atoms. The zero-order valence-corrected chi connectivity index (χ0v) is 10.8. The largest absolute Gasteiger partial charge is 0.317 e. The Morgan fingerprint density at radius 3 is 3.06 bits per heavy atom. The number of fused-ring (bicyclic) bond motifs is 1. The second kappa shape index (κ2) is 6.02. The quantitative estimate of drug-likeness (QED) is 0.760. The third-order valence-electron chi connectivity index (χ3n) is 3.92. The summed E-state index contributed by atoms with van der Waals surface area (Å²) < 4.78 is 0. The maximum atomic E-state index is 3.85. The minimum Gasteiger partial charge on any atom is -0.317 e. The molecule has 0 saturated heterocycles. The smallest absolute Gasteiger partial charge is 0.0104 e. The summed E-state index contributed by atoms with van der Waals surface area (Å²) in [5, 5.41) is 3.41. The molecular weight excluding hydrogens is 206 g/mol. The van der Waals surface area contributed by atoms with Crippen LogP contribution in [-0.2, 0) is 6.42 Å². The van der Waals surface area contributed by atoms with Crippen LogP contribution in [0.1, 0.15) is 42.7 Å². The summed E-state index contributed by atoms with van der Waals surface area (Å²) in [6, 6.07) is 9.53. The van der Waals surface area contributed by atoms with Crippen molar-refractivity contribution in [3.8, 4) is 0 Å². The Morgan fingerprint density at radius 2 is 2.29 bits per heavy atom. The van der Waals surface area contributed by atoms with Crippen molar-refractivity contribution >= 4 is 0 Å². The van der Waals surface area contributed by atoms with Crippen molar-refractivity contribution in [1.29, 1.82) is 0 Å². The third-order valence-corrected chi connectivity index (χ3v) is 3.92. The summed E-state index contributed by atoms with van der Waals surface area (Å²) in [5.74, 6) is 0.734. The van der Waals surface area contributed by atoms with E-state index in [1.54, 1.807) is 11.1 Å². The second-order valence-corrected chi connectivity index (χ2v) is 5.03. The van der Waals surface area contributed by atoms with Crippen molar-refractivity contribution < 1.29 is 0 Å². The summed E-state index contributed by atoms with van der Waals surface area (Å²) in [5.41, 5.74) is 3.15. The SMILES string of the molecule is C=CCC(CC1CCCc2ccccc21)NC. The molecule has 0 bridgehead atoms. The van der Waals surface area contributed by atoms with Gasteiger partial charge in [-0.3, -0.25) is 0 Å². The van der Waals surface area contributed by atoms with Gasteiger partial charge < -0.3 is 5.32 Å². The molecule has 1 nitrogen and oxygen atoms in total. The van der Waals surface area contributed by atoms with Gasteiger partial charge in [0.25, 0.3) is 0 Å². The first-order valence-corrected chi connectivity index (χ1v) is 6.71. The summed E-state index contributed by atoms with van der Waals surface area (Å²) in [7, 11) is 2.06. The van der Waals surface area contributed by atoms with Crippen LogP contribution >= 0.6 is 0 Å². The van der Waals surface area contributed by atoms with Crippen LogP contribution in [0, 0.1) is 0 Å². The Bertz CT molecular complexity index is 370. The molecule has 0 aliphatic heterocycles. The average Bonchev–Trinajstić information content (AvgIpc) is 2.38. The van der Waals surface area contributed by atoms with Crippen LogP contribution in [0.25, 0.3) is 0 Å². The normalized spacial score (nSPS) is 20.6. The van der Waals surface area contributed by atoms with Gasteiger partial charge in [-0.15, -0.1) is 6.58 Å². The van der Waals surface area contributed by atoms with Gasteiger partial charge in [-0.1, -0.05) is 30.3 Å². The van der Waals surface area contributed by atoms with E-state index in [1.165, 1.54) is 25.7 Å². The van der Waals surface area contributed by atoms with E-state index in [2.05, 4.69) is 43.2 Å². The fourth-order valence-corrected chi connectivity index (χ4v) is 2.98. The minimum absolute atomic E-state index is 0.573. The highest BCUT2D eigenvalue weighted by atomic mass is 14.9. The highest BCUT2D eigenvalue weighted by Gasteiger charge is 2.21. The topological polar surface area (TPSA) is 12.0 Å². The molecule has 17 heavy (non-hydrogen) atoms. The van der Waals surface area contributed by atoms with Crippen LogP contribution in [-0.4, -0.2) is 13.1 Å². The Balaban J connectivity index is 2.09. The third kappa shape index (κ3) is 2.98. The number of aryl methyl sites for hydroxylation is 1. The van der Waals surface area contributed by atoms with Crippen LogP contribution < -0.4 is 5.32 Å². The maximum Gasteiger partial charge on any atom is 0.0104 e. The van der Waals surface area contributed by atoms with Crippen molar-refractivity contribution in [3.63, 3.8) is 0 Å². The maximum absolute atomic E-state index is 3.85. The van der Waals surface area contributed by atoms with Gasteiger partial charge in [0.05, 0.1) is 0 Å². The van der Waals surface area contributed by atoms with Gasteiger partial charge >= 0.3 is 0 Å². The fraction of sp³-hybridized carbons (Fsp3) is 0.500. The predicted octanol–water partition coefficient (Wildman–Crippen LogP) is 3.66. The lowest BCUT2D eigenvalue weighted by molar-refractivity contribution is 0.432. The minimum atomic E-state index is 0.573. The van der Waals surface area contributed by atoms with Crippen LogP contribution in [0.4, 0.5) is 0 Å². The first-order chi connectivity index (χ1) is 8.35. The van der Waals surface area contributed by atoms with E-state index in [1.807, 2.05) is 6.08 Å². The number of nitrogens with one attached hydrogen (secondary N) is 1. The molecular formula is C16H23N. The lowest BCUT2D eigenvalue weighted by Gasteiger charge is -2.28. The zero-order valence-electron chi connectivity index (χ0n) is 10.8. The monoisotopic (exact) mass is 229 g/mol. The molecule has 1 aromatic rings. The molecule has 2 rings (SSSR count). The van der Waals surface area contributed by atoms with Gasteiger partial charge in [0, 0.05) is 6.04 Å². The molecule has 1 aliphatic carbocycles.